The first kappa shape index (κ1) is 82.9. The molecule has 11 rings (SSSR count). The number of phenolic OH excluding ortho intramolecular Hbond substituents is 1. The van der Waals surface area contributed by atoms with Crippen molar-refractivity contribution in [2.24, 2.45) is 50.0 Å². The third kappa shape index (κ3) is 17.5. The highest BCUT2D eigenvalue weighted by Crippen LogP contribution is 2.67. The number of hydrogen-bond acceptors (Lipinski definition) is 21. The predicted molar refractivity (Wildman–Crippen MR) is 404 cm³/mol. The van der Waals surface area contributed by atoms with E-state index in [0.717, 1.165) is 12.8 Å². The number of phenols is 1. The maximum absolute atomic E-state index is 15.2. The molecule has 4 saturated heterocycles. The van der Waals surface area contributed by atoms with Crippen molar-refractivity contribution >= 4 is 100 Å². The number of amides is 12. The van der Waals surface area contributed by atoms with E-state index in [1.165, 1.54) is 49.5 Å². The van der Waals surface area contributed by atoms with Crippen molar-refractivity contribution < 1.29 is 86.6 Å². The van der Waals surface area contributed by atoms with Gasteiger partial charge in [0.05, 0.1) is 44.0 Å². The predicted octanol–water partition coefficient (Wildman–Crippen LogP) is -0.778. The van der Waals surface area contributed by atoms with Crippen molar-refractivity contribution in [1.29, 1.82) is 0 Å². The van der Waals surface area contributed by atoms with E-state index in [4.69, 9.17) is 16.2 Å². The molecule has 12 amide bonds. The fourth-order valence-electron chi connectivity index (χ4n) is 19.4. The number of aliphatic hydroxyl groups excluding tert-OH is 1. The van der Waals surface area contributed by atoms with Crippen LogP contribution in [0, 0.1) is 28.6 Å². The number of carboxylic acids is 1. The van der Waals surface area contributed by atoms with Crippen LogP contribution in [-0.2, 0) is 81.3 Å². The zero-order valence-electron chi connectivity index (χ0n) is 64.6. The lowest BCUT2D eigenvalue weighted by atomic mass is 9.43. The van der Waals surface area contributed by atoms with Gasteiger partial charge in [-0.25, -0.2) is 4.79 Å². The molecule has 2 saturated carbocycles. The van der Waals surface area contributed by atoms with Crippen molar-refractivity contribution in [3.05, 3.63) is 22.8 Å². The molecule has 18 atom stereocenters. The van der Waals surface area contributed by atoms with Crippen molar-refractivity contribution in [3.63, 3.8) is 0 Å². The molecule has 1 spiro atoms. The molecule has 2 aliphatic carbocycles. The van der Waals surface area contributed by atoms with Crippen LogP contribution >= 0.6 is 0 Å². The minimum Gasteiger partial charge on any atom is -0.508 e. The van der Waals surface area contributed by atoms with E-state index >= 15 is 14.4 Å². The van der Waals surface area contributed by atoms with E-state index in [1.807, 2.05) is 13.8 Å². The van der Waals surface area contributed by atoms with Gasteiger partial charge in [0.1, 0.15) is 77.5 Å². The summed E-state index contributed by atoms with van der Waals surface area (Å²) in [6.45, 7) is 12.9. The van der Waals surface area contributed by atoms with Gasteiger partial charge in [0, 0.05) is 96.9 Å². The Bertz CT molecular complexity index is 3880. The number of ether oxygens (including phenoxy) is 1. The largest absolute Gasteiger partial charge is 0.508 e. The van der Waals surface area contributed by atoms with E-state index in [9.17, 15) is 67.5 Å². The highest BCUT2D eigenvalue weighted by atomic mass is 32.2. The fourth-order valence-corrected chi connectivity index (χ4v) is 20.0. The third-order valence-electron chi connectivity index (χ3n) is 25.5. The molecule has 1 aromatic carbocycles. The van der Waals surface area contributed by atoms with E-state index in [1.54, 1.807) is 0 Å². The molecule has 610 valence electrons. The molecule has 13 unspecified atom stereocenters. The molecular formula is C76H112N16O18S. The summed E-state index contributed by atoms with van der Waals surface area (Å²) < 4.78 is 20.2. The number of aromatic hydroxyl groups is 1. The van der Waals surface area contributed by atoms with E-state index < -0.39 is 196 Å². The van der Waals surface area contributed by atoms with Crippen LogP contribution in [0.3, 0.4) is 0 Å². The maximum Gasteiger partial charge on any atom is 0.326 e. The Balaban J connectivity index is 0.782. The molecule has 0 bridgehead atoms. The summed E-state index contributed by atoms with van der Waals surface area (Å²) in [4.78, 5) is 200. The van der Waals surface area contributed by atoms with Crippen LogP contribution in [0.5, 0.6) is 11.5 Å². The van der Waals surface area contributed by atoms with Crippen molar-refractivity contribution in [3.8, 4) is 11.5 Å². The lowest BCUT2D eigenvalue weighted by Gasteiger charge is -2.64. The Morgan fingerprint density at radius 1 is 0.649 bits per heavy atom. The summed E-state index contributed by atoms with van der Waals surface area (Å²) in [5.41, 5.74) is 10.8. The van der Waals surface area contributed by atoms with Crippen LogP contribution in [-0.4, -0.2) is 269 Å². The topological polar surface area (TPSA) is 486 Å². The first-order valence-corrected chi connectivity index (χ1v) is 41.2. The van der Waals surface area contributed by atoms with Crippen molar-refractivity contribution in [2.45, 2.75) is 267 Å². The monoisotopic (exact) mass is 1570 g/mol. The fraction of sp³-hybridized carbons (Fsp3) is 0.724. The van der Waals surface area contributed by atoms with Crippen LogP contribution < -0.4 is 53.4 Å². The number of nitrogens with one attached hydrogen (secondary N) is 7. The molecule has 35 heteroatoms. The number of likely N-dealkylation sites (tertiary alicyclic amines) is 4. The first-order valence-electron chi connectivity index (χ1n) is 39.5. The number of carbonyl (C=O) groups is 13. The first-order chi connectivity index (χ1) is 52.6. The quantitative estimate of drug-likeness (QED) is 0.0434. The van der Waals surface area contributed by atoms with Gasteiger partial charge < -0.3 is 93.2 Å². The van der Waals surface area contributed by atoms with Crippen molar-refractivity contribution in [1.82, 2.24) is 61.7 Å². The van der Waals surface area contributed by atoms with Gasteiger partial charge in [-0.05, 0) is 145 Å². The smallest absolute Gasteiger partial charge is 0.326 e. The number of nitrogens with zero attached hydrogens (tertiary/aromatic N) is 7. The number of fused-ring (bicyclic) bond motifs is 5. The molecule has 6 fully saturated rings. The third-order valence-corrected chi connectivity index (χ3v) is 26.3. The molecule has 111 heavy (non-hydrogen) atoms. The Hall–Kier alpha value is -9.02. The van der Waals surface area contributed by atoms with Crippen LogP contribution in [0.4, 0.5) is 0 Å². The van der Waals surface area contributed by atoms with Gasteiger partial charge in [0.25, 0.3) is 5.91 Å². The van der Waals surface area contributed by atoms with Gasteiger partial charge in [-0.15, -0.1) is 0 Å². The molecule has 1 aromatic rings. The van der Waals surface area contributed by atoms with Gasteiger partial charge in [0.15, 0.2) is 0 Å². The standard InChI is InChI=1S/C76H112N16O18S/c1-40(2)30-51(71(105)90-27-10-14-55(90)72(106)91-28-11-15-56(91)73(107)108)87-66(100)53-13-9-26-89(53)70(104)48(18-21-61(78)96)83-63(97)49(31-42-35-79-38-81-42)85-65(99)52-12-8-25-88(52)69(103)47(17-20-60(77)95)84-64(98)50(32-43-36-80-39-82-43)86-67(101)54(23-29-111(7)109)92-37-46-44(68(92)102)33-57(93)45-34-76(110-62(45)46)41(3)16-19-58-74(4,5)59(94)22-24-75(58,76)6/h33,38-43,47-56,58-59,93-94H,8-32,34-37H2,1-7H3,(H2,77,95)(H2,78,96)(H,79,81)(H,80,82)(H,83,97)(H,84,98)(H,85,99)(H,86,101)(H,87,100)(H,107,108)/t41-,42?,43?,47?,48?,49?,50?,51?,52?,53?,54?,55?,56?,58+,59-,75+,76-,111?/m1/s1. The Labute approximate surface area is 648 Å². The van der Waals surface area contributed by atoms with Crippen LogP contribution in [0.2, 0.25) is 0 Å². The number of carbonyl (C=O) groups excluding carboxylic acids is 12. The molecule has 8 aliphatic heterocycles. The van der Waals surface area contributed by atoms with Gasteiger partial charge in [-0.2, -0.15) is 0 Å². The second kappa shape index (κ2) is 34.5. The van der Waals surface area contributed by atoms with Gasteiger partial charge in [-0.3, -0.25) is 71.7 Å². The number of aliphatic hydroxyl groups is 1. The van der Waals surface area contributed by atoms with E-state index in [-0.39, 0.29) is 145 Å². The Kier molecular flexibility index (Phi) is 25.8. The summed E-state index contributed by atoms with van der Waals surface area (Å²) in [5.74, 6) is -9.91. The summed E-state index contributed by atoms with van der Waals surface area (Å²) >= 11 is 0. The zero-order valence-corrected chi connectivity index (χ0v) is 65.5. The maximum atomic E-state index is 15.2. The number of benzene rings is 1. The number of primary amides is 2. The second-order valence-electron chi connectivity index (χ2n) is 33.5. The highest BCUT2D eigenvalue weighted by molar-refractivity contribution is 7.84. The SMILES string of the molecule is CC(C)CC(NC(=O)C1CCCN1C(=O)C(CCC(N)=O)NC(=O)C(CC1CN=CN1)NC(=O)C1CCCN1C(=O)C(CCC(N)=O)NC(=O)C(CC1CN=CN1)NC(=O)C(CCS(C)=O)N1Cc2c(cc(O)c3c2O[C@]2(C3)[C@H](C)CC[C@H]3C(C)(C)[C@H](O)CC[C@@]32C)C1=O)C(=O)N1CCCC1C(=O)N1CCCC1C(=O)O. The zero-order chi connectivity index (χ0) is 80.3. The molecule has 0 radical (unpaired) electrons. The highest BCUT2D eigenvalue weighted by Gasteiger charge is 2.68. The molecule has 0 aromatic heterocycles. The number of rotatable bonds is 31. The minimum absolute atomic E-state index is 0.0161. The Morgan fingerprint density at radius 3 is 1.66 bits per heavy atom. The van der Waals surface area contributed by atoms with Crippen LogP contribution in [0.25, 0.3) is 0 Å². The van der Waals surface area contributed by atoms with E-state index in [2.05, 4.69) is 74.9 Å². The number of carboxylic acid groups (broad SMARTS) is 1. The summed E-state index contributed by atoms with van der Waals surface area (Å²) in [6.07, 6.45) is 7.67. The summed E-state index contributed by atoms with van der Waals surface area (Å²) in [7, 11) is -1.48. The van der Waals surface area contributed by atoms with Gasteiger partial charge in [0.2, 0.25) is 65.0 Å². The van der Waals surface area contributed by atoms with Crippen LogP contribution in [0.1, 0.15) is 191 Å². The van der Waals surface area contributed by atoms with Crippen LogP contribution in [0.15, 0.2) is 16.1 Å². The average molecular weight is 1570 g/mol. The second-order valence-corrected chi connectivity index (χ2v) is 35.0. The lowest BCUT2D eigenvalue weighted by molar-refractivity contribution is -0.210. The lowest BCUT2D eigenvalue weighted by Crippen LogP contribution is -2.66. The number of nitrogens with two attached hydrogens (primary N) is 2. The Morgan fingerprint density at radius 2 is 1.14 bits per heavy atom. The number of aliphatic imine (C=N–C) groups is 2. The van der Waals surface area contributed by atoms with Gasteiger partial charge in [-0.1, -0.05) is 41.5 Å². The number of aliphatic carboxylic acids is 1. The number of hydrogen-bond donors (Lipinski definition) is 12. The van der Waals surface area contributed by atoms with Crippen molar-refractivity contribution in [2.75, 3.05) is 51.3 Å². The van der Waals surface area contributed by atoms with E-state index in [0.29, 0.717) is 61.8 Å². The average Bonchev–Trinajstić information content (AvgIpc) is 1.60. The normalized spacial score (nSPS) is 28.7. The summed E-state index contributed by atoms with van der Waals surface area (Å²) in [6, 6.07) is -12.5. The molecule has 14 N–H and O–H groups in total. The molecular weight excluding hydrogens is 1460 g/mol. The molecule has 8 heterocycles. The molecule has 34 nitrogen and oxygen atoms in total. The molecule has 10 aliphatic rings. The summed E-state index contributed by atoms with van der Waals surface area (Å²) in [5, 5.41) is 53.1. The van der Waals surface area contributed by atoms with Gasteiger partial charge >= 0.3 is 5.97 Å². The minimum atomic E-state index is -1.55.